The van der Waals surface area contributed by atoms with Gasteiger partial charge in [0.1, 0.15) is 5.75 Å². The topological polar surface area (TPSA) is 46.5 Å². The van der Waals surface area contributed by atoms with E-state index in [1.165, 1.54) is 0 Å². The first kappa shape index (κ1) is 14.9. The molecule has 1 aromatic carbocycles. The summed E-state index contributed by atoms with van der Waals surface area (Å²) in [5.74, 6) is 0.0488. The lowest BCUT2D eigenvalue weighted by Crippen LogP contribution is -2.38. The van der Waals surface area contributed by atoms with E-state index in [1.54, 1.807) is 0 Å². The molecule has 114 valence electrons. The molecule has 0 aliphatic heterocycles. The molecule has 2 aliphatic carbocycles. The van der Waals surface area contributed by atoms with E-state index in [1.807, 2.05) is 19.1 Å². The van der Waals surface area contributed by atoms with E-state index in [0.29, 0.717) is 12.8 Å². The monoisotopic (exact) mass is 352 g/mol. The average molecular weight is 353 g/mol. The highest BCUT2D eigenvalue weighted by Gasteiger charge is 2.44. The third-order valence-electron chi connectivity index (χ3n) is 4.63. The number of halogens is 1. The number of aliphatic carboxylic acids is 1. The lowest BCUT2D eigenvalue weighted by Gasteiger charge is -2.35. The van der Waals surface area contributed by atoms with Crippen LogP contribution in [0.4, 0.5) is 0 Å². The molecule has 1 N–H and O–H groups in total. The molecular weight excluding hydrogens is 332 g/mol. The minimum absolute atomic E-state index is 0.261. The standard InChI is InChI=1S/C17H21BrO3/c1-11-9-13(15(14(18)10-11)21-12-5-6-12)17(16(19)20)7-3-2-4-8-17/h9-10,12H,2-8H2,1H3,(H,19,20). The van der Waals surface area contributed by atoms with Gasteiger partial charge >= 0.3 is 5.97 Å². The summed E-state index contributed by atoms with van der Waals surface area (Å²) >= 11 is 3.58. The van der Waals surface area contributed by atoms with Crippen molar-refractivity contribution in [1.82, 2.24) is 0 Å². The Morgan fingerprint density at radius 2 is 1.95 bits per heavy atom. The molecule has 0 saturated heterocycles. The quantitative estimate of drug-likeness (QED) is 0.862. The highest BCUT2D eigenvalue weighted by molar-refractivity contribution is 9.10. The Labute approximate surface area is 133 Å². The molecule has 2 aliphatic rings. The molecule has 2 fully saturated rings. The van der Waals surface area contributed by atoms with Crippen molar-refractivity contribution in [3.05, 3.63) is 27.7 Å². The van der Waals surface area contributed by atoms with Gasteiger partial charge < -0.3 is 9.84 Å². The van der Waals surface area contributed by atoms with Crippen LogP contribution in [-0.2, 0) is 10.2 Å². The van der Waals surface area contributed by atoms with Crippen molar-refractivity contribution in [2.75, 3.05) is 0 Å². The predicted molar refractivity (Wildman–Crippen MR) is 84.9 cm³/mol. The van der Waals surface area contributed by atoms with Crippen LogP contribution < -0.4 is 4.74 Å². The van der Waals surface area contributed by atoms with E-state index < -0.39 is 11.4 Å². The Balaban J connectivity index is 2.10. The predicted octanol–water partition coefficient (Wildman–Crippen LogP) is 4.59. The molecule has 0 amide bonds. The summed E-state index contributed by atoms with van der Waals surface area (Å²) in [6.07, 6.45) is 6.89. The molecule has 0 aromatic heterocycles. The van der Waals surface area contributed by atoms with Crippen molar-refractivity contribution < 1.29 is 14.6 Å². The summed E-state index contributed by atoms with van der Waals surface area (Å²) in [5, 5.41) is 9.93. The van der Waals surface area contributed by atoms with Gasteiger partial charge in [-0.3, -0.25) is 4.79 Å². The third-order valence-corrected chi connectivity index (χ3v) is 5.22. The first-order chi connectivity index (χ1) is 10.0. The third kappa shape index (κ3) is 2.83. The van der Waals surface area contributed by atoms with E-state index in [2.05, 4.69) is 15.9 Å². The summed E-state index contributed by atoms with van der Waals surface area (Å²) in [6.45, 7) is 2.01. The molecule has 0 bridgehead atoms. The molecular formula is C17H21BrO3. The van der Waals surface area contributed by atoms with Crippen molar-refractivity contribution in [2.45, 2.75) is 63.4 Å². The maximum Gasteiger partial charge on any atom is 0.314 e. The molecule has 4 heteroatoms. The maximum atomic E-state index is 12.1. The summed E-state index contributed by atoms with van der Waals surface area (Å²) in [4.78, 5) is 12.1. The van der Waals surface area contributed by atoms with Gasteiger partial charge in [0.05, 0.1) is 16.0 Å². The number of carboxylic acids is 1. The number of benzene rings is 1. The number of hydrogen-bond acceptors (Lipinski definition) is 2. The van der Waals surface area contributed by atoms with Gasteiger partial charge in [0.25, 0.3) is 0 Å². The van der Waals surface area contributed by atoms with Crippen LogP contribution in [0.25, 0.3) is 0 Å². The van der Waals surface area contributed by atoms with E-state index in [-0.39, 0.29) is 6.10 Å². The highest BCUT2D eigenvalue weighted by atomic mass is 79.9. The Bertz CT molecular complexity index is 557. The average Bonchev–Trinajstić information content (AvgIpc) is 3.26. The molecule has 0 atom stereocenters. The van der Waals surface area contributed by atoms with Crippen molar-refractivity contribution in [1.29, 1.82) is 0 Å². The smallest absolute Gasteiger partial charge is 0.314 e. The molecule has 0 radical (unpaired) electrons. The van der Waals surface area contributed by atoms with Crippen LogP contribution in [-0.4, -0.2) is 17.2 Å². The second-order valence-electron chi connectivity index (χ2n) is 6.39. The van der Waals surface area contributed by atoms with Gasteiger partial charge in [0.2, 0.25) is 0 Å². The Morgan fingerprint density at radius 1 is 1.29 bits per heavy atom. The molecule has 1 aromatic rings. The SMILES string of the molecule is Cc1cc(Br)c(OC2CC2)c(C2(C(=O)O)CCCCC2)c1. The number of aryl methyl sites for hydroxylation is 1. The van der Waals surface area contributed by atoms with Gasteiger partial charge in [-0.05, 0) is 60.2 Å². The molecule has 21 heavy (non-hydrogen) atoms. The van der Waals surface area contributed by atoms with Crippen LogP contribution in [0.2, 0.25) is 0 Å². The molecule has 3 nitrogen and oxygen atoms in total. The summed E-state index contributed by atoms with van der Waals surface area (Å²) in [5.41, 5.74) is 1.16. The molecule has 2 saturated carbocycles. The summed E-state index contributed by atoms with van der Waals surface area (Å²) < 4.78 is 6.95. The van der Waals surface area contributed by atoms with Gasteiger partial charge in [0.15, 0.2) is 0 Å². The van der Waals surface area contributed by atoms with E-state index in [0.717, 1.165) is 53.5 Å². The van der Waals surface area contributed by atoms with Gasteiger partial charge in [-0.15, -0.1) is 0 Å². The van der Waals surface area contributed by atoms with Gasteiger partial charge in [-0.2, -0.15) is 0 Å². The number of ether oxygens (including phenoxy) is 1. The van der Waals surface area contributed by atoms with Crippen molar-refractivity contribution in [3.8, 4) is 5.75 Å². The fourth-order valence-corrected chi connectivity index (χ4v) is 3.98. The van der Waals surface area contributed by atoms with Gasteiger partial charge in [0, 0.05) is 5.56 Å². The van der Waals surface area contributed by atoms with Crippen LogP contribution >= 0.6 is 15.9 Å². The highest BCUT2D eigenvalue weighted by Crippen LogP contribution is 2.47. The second kappa shape index (κ2) is 5.64. The fourth-order valence-electron chi connectivity index (χ4n) is 3.31. The summed E-state index contributed by atoms with van der Waals surface area (Å²) in [7, 11) is 0. The van der Waals surface area contributed by atoms with E-state index in [9.17, 15) is 9.90 Å². The maximum absolute atomic E-state index is 12.1. The largest absolute Gasteiger partial charge is 0.489 e. The molecule has 0 spiro atoms. The zero-order valence-electron chi connectivity index (χ0n) is 12.3. The minimum atomic E-state index is -0.781. The molecule has 3 rings (SSSR count). The summed E-state index contributed by atoms with van der Waals surface area (Å²) in [6, 6.07) is 4.03. The number of rotatable bonds is 4. The minimum Gasteiger partial charge on any atom is -0.489 e. The number of carbonyl (C=O) groups is 1. The fraction of sp³-hybridized carbons (Fsp3) is 0.588. The van der Waals surface area contributed by atoms with Gasteiger partial charge in [-0.25, -0.2) is 0 Å². The lowest BCUT2D eigenvalue weighted by molar-refractivity contribution is -0.145. The molecule has 0 heterocycles. The van der Waals surface area contributed by atoms with Gasteiger partial charge in [-0.1, -0.05) is 25.3 Å². The second-order valence-corrected chi connectivity index (χ2v) is 7.24. The van der Waals surface area contributed by atoms with Crippen molar-refractivity contribution in [2.24, 2.45) is 0 Å². The zero-order chi connectivity index (χ0) is 15.0. The van der Waals surface area contributed by atoms with Crippen LogP contribution in [0.15, 0.2) is 16.6 Å². The van der Waals surface area contributed by atoms with E-state index >= 15 is 0 Å². The lowest BCUT2D eigenvalue weighted by atomic mass is 9.69. The van der Waals surface area contributed by atoms with Crippen LogP contribution in [0.3, 0.4) is 0 Å². The van der Waals surface area contributed by atoms with Crippen LogP contribution in [0.1, 0.15) is 56.1 Å². The van der Waals surface area contributed by atoms with Crippen LogP contribution in [0, 0.1) is 6.92 Å². The normalized spacial score (nSPS) is 21.0. The van der Waals surface area contributed by atoms with E-state index in [4.69, 9.17) is 4.74 Å². The first-order valence-electron chi connectivity index (χ1n) is 7.73. The van der Waals surface area contributed by atoms with Crippen LogP contribution in [0.5, 0.6) is 5.75 Å². The Kier molecular flexibility index (Phi) is 4.00. The zero-order valence-corrected chi connectivity index (χ0v) is 13.9. The number of hydrogen-bond donors (Lipinski definition) is 1. The van der Waals surface area contributed by atoms with Crippen molar-refractivity contribution in [3.63, 3.8) is 0 Å². The Morgan fingerprint density at radius 3 is 2.52 bits per heavy atom. The molecule has 0 unspecified atom stereocenters. The Hall–Kier alpha value is -1.03. The first-order valence-corrected chi connectivity index (χ1v) is 8.53. The van der Waals surface area contributed by atoms with Crippen molar-refractivity contribution >= 4 is 21.9 Å². The number of carboxylic acid groups (broad SMARTS) is 1.